The highest BCUT2D eigenvalue weighted by atomic mass is 16.5. The van der Waals surface area contributed by atoms with Gasteiger partial charge in [0.2, 0.25) is 0 Å². The van der Waals surface area contributed by atoms with Crippen molar-refractivity contribution in [1.29, 1.82) is 0 Å². The second-order valence-electron chi connectivity index (χ2n) is 6.90. The molecule has 138 valence electrons. The smallest absolute Gasteiger partial charge is 0.272 e. The number of nitrogens with one attached hydrogen (secondary N) is 2. The topological polar surface area (TPSA) is 92.4 Å². The van der Waals surface area contributed by atoms with Gasteiger partial charge in [0, 0.05) is 25.2 Å². The van der Waals surface area contributed by atoms with Crippen LogP contribution in [-0.2, 0) is 9.47 Å². The van der Waals surface area contributed by atoms with Crippen molar-refractivity contribution in [2.24, 2.45) is 5.92 Å². The number of H-pyrrole nitrogens is 1. The van der Waals surface area contributed by atoms with Gasteiger partial charge in [0.1, 0.15) is 17.1 Å². The maximum atomic E-state index is 12.7. The van der Waals surface area contributed by atoms with Gasteiger partial charge in [0.25, 0.3) is 5.91 Å². The number of hydrogen-bond donors (Lipinski definition) is 2. The molecule has 1 amide bonds. The molecule has 1 spiro atoms. The van der Waals surface area contributed by atoms with Gasteiger partial charge in [-0.05, 0) is 18.6 Å². The normalized spacial score (nSPS) is 26.0. The van der Waals surface area contributed by atoms with Crippen molar-refractivity contribution in [3.63, 3.8) is 0 Å². The third-order valence-corrected chi connectivity index (χ3v) is 4.89. The van der Waals surface area contributed by atoms with Crippen LogP contribution in [0.1, 0.15) is 16.9 Å². The Hall–Kier alpha value is -2.45. The van der Waals surface area contributed by atoms with Gasteiger partial charge >= 0.3 is 0 Å². The molecule has 4 rings (SSSR count). The van der Waals surface area contributed by atoms with Crippen LogP contribution in [0.3, 0.4) is 0 Å². The van der Waals surface area contributed by atoms with Gasteiger partial charge in [-0.3, -0.25) is 4.79 Å². The Bertz CT molecular complexity index is 724. The van der Waals surface area contributed by atoms with Crippen molar-refractivity contribution in [3.8, 4) is 0 Å². The Labute approximate surface area is 151 Å². The maximum Gasteiger partial charge on any atom is 0.272 e. The molecule has 8 nitrogen and oxygen atoms in total. The molecular formula is C18H23N5O3. The summed E-state index contributed by atoms with van der Waals surface area (Å²) in [7, 11) is 0. The van der Waals surface area contributed by atoms with Crippen molar-refractivity contribution in [1.82, 2.24) is 19.9 Å². The summed E-state index contributed by atoms with van der Waals surface area (Å²) in [5.41, 5.74) is 0.0521. The van der Waals surface area contributed by atoms with Crippen LogP contribution in [-0.4, -0.2) is 70.8 Å². The van der Waals surface area contributed by atoms with Crippen LogP contribution in [0.4, 0.5) is 5.82 Å². The quantitative estimate of drug-likeness (QED) is 0.853. The first-order valence-corrected chi connectivity index (χ1v) is 8.88. The number of imidazole rings is 1. The molecule has 26 heavy (non-hydrogen) atoms. The number of nitrogens with zero attached hydrogens (tertiary/aromatic N) is 3. The zero-order valence-electron chi connectivity index (χ0n) is 14.6. The third kappa shape index (κ3) is 3.71. The van der Waals surface area contributed by atoms with Crippen LogP contribution in [0.15, 0.2) is 36.9 Å². The molecule has 2 atom stereocenters. The lowest BCUT2D eigenvalue weighted by atomic mass is 9.94. The number of anilines is 1. The zero-order valence-corrected chi connectivity index (χ0v) is 14.6. The highest BCUT2D eigenvalue weighted by molar-refractivity contribution is 5.92. The van der Waals surface area contributed by atoms with Crippen molar-refractivity contribution < 1.29 is 14.3 Å². The minimum Gasteiger partial charge on any atom is -0.377 e. The summed E-state index contributed by atoms with van der Waals surface area (Å²) in [5.74, 6) is 1.15. The molecule has 0 radical (unpaired) electrons. The summed E-state index contributed by atoms with van der Waals surface area (Å²) < 4.78 is 11.9. The molecule has 0 saturated carbocycles. The average Bonchev–Trinajstić information content (AvgIpc) is 3.29. The van der Waals surface area contributed by atoms with Crippen LogP contribution < -0.4 is 5.32 Å². The number of rotatable bonds is 4. The Morgan fingerprint density at radius 2 is 2.42 bits per heavy atom. The van der Waals surface area contributed by atoms with Crippen molar-refractivity contribution >= 4 is 11.7 Å². The van der Waals surface area contributed by atoms with Crippen molar-refractivity contribution in [3.05, 3.63) is 42.6 Å². The molecule has 8 heteroatoms. The molecule has 2 aromatic rings. The summed E-state index contributed by atoms with van der Waals surface area (Å²) in [6, 6.07) is 5.80. The van der Waals surface area contributed by atoms with E-state index < -0.39 is 5.60 Å². The molecule has 2 aliphatic heterocycles. The van der Waals surface area contributed by atoms with E-state index in [4.69, 9.17) is 9.47 Å². The first-order valence-electron chi connectivity index (χ1n) is 8.88. The summed E-state index contributed by atoms with van der Waals surface area (Å²) >= 11 is 0. The molecule has 2 fully saturated rings. The molecular weight excluding hydrogens is 334 g/mol. The second-order valence-corrected chi connectivity index (χ2v) is 6.90. The lowest BCUT2D eigenvalue weighted by molar-refractivity contribution is -0.0538. The van der Waals surface area contributed by atoms with E-state index in [1.165, 1.54) is 6.33 Å². The van der Waals surface area contributed by atoms with Crippen LogP contribution >= 0.6 is 0 Å². The molecule has 0 aromatic carbocycles. The van der Waals surface area contributed by atoms with Gasteiger partial charge in [-0.25, -0.2) is 9.97 Å². The molecule has 4 heterocycles. The number of aromatic amines is 1. The van der Waals surface area contributed by atoms with E-state index in [0.717, 1.165) is 18.8 Å². The summed E-state index contributed by atoms with van der Waals surface area (Å²) in [6.45, 7) is 3.55. The van der Waals surface area contributed by atoms with Crippen LogP contribution in [0, 0.1) is 5.92 Å². The Morgan fingerprint density at radius 3 is 3.23 bits per heavy atom. The van der Waals surface area contributed by atoms with E-state index in [1.54, 1.807) is 17.3 Å². The summed E-state index contributed by atoms with van der Waals surface area (Å²) in [4.78, 5) is 25.6. The Kier molecular flexibility index (Phi) is 4.85. The monoisotopic (exact) mass is 357 g/mol. The SMILES string of the molecule is O=C(c1cnc[nH]1)N1CCOC[C@]2(C[C@@H](CNc3ccccn3)CO2)C1. The van der Waals surface area contributed by atoms with E-state index in [2.05, 4.69) is 20.3 Å². The van der Waals surface area contributed by atoms with Gasteiger partial charge in [0.15, 0.2) is 0 Å². The molecule has 0 aliphatic carbocycles. The van der Waals surface area contributed by atoms with E-state index >= 15 is 0 Å². The second kappa shape index (κ2) is 7.43. The molecule has 2 saturated heterocycles. The Balaban J connectivity index is 1.38. The van der Waals surface area contributed by atoms with E-state index in [9.17, 15) is 4.79 Å². The minimum absolute atomic E-state index is 0.0639. The van der Waals surface area contributed by atoms with E-state index in [-0.39, 0.29) is 5.91 Å². The van der Waals surface area contributed by atoms with Crippen molar-refractivity contribution in [2.45, 2.75) is 12.0 Å². The van der Waals surface area contributed by atoms with Crippen LogP contribution in [0.25, 0.3) is 0 Å². The number of hydrogen-bond acceptors (Lipinski definition) is 6. The van der Waals surface area contributed by atoms with E-state index in [0.29, 0.717) is 44.5 Å². The first kappa shape index (κ1) is 17.0. The standard InChI is InChI=1S/C18H23N5O3/c24-17(15-9-19-13-22-15)23-5-6-25-12-18(11-23)7-14(10-26-18)8-21-16-3-1-2-4-20-16/h1-4,9,13-14H,5-8,10-12H2,(H,19,22)(H,20,21)/t14-,18-/m0/s1. The number of ether oxygens (including phenoxy) is 2. The predicted molar refractivity (Wildman–Crippen MR) is 94.8 cm³/mol. The molecule has 0 bridgehead atoms. The summed E-state index contributed by atoms with van der Waals surface area (Å²) in [6.07, 6.45) is 5.69. The highest BCUT2D eigenvalue weighted by Gasteiger charge is 2.44. The molecule has 2 N–H and O–H groups in total. The number of carbonyl (C=O) groups is 1. The Morgan fingerprint density at radius 1 is 1.46 bits per heavy atom. The van der Waals surface area contributed by atoms with Gasteiger partial charge in [-0.1, -0.05) is 6.07 Å². The fourth-order valence-electron chi connectivity index (χ4n) is 3.62. The lowest BCUT2D eigenvalue weighted by Crippen LogP contribution is -2.46. The largest absolute Gasteiger partial charge is 0.377 e. The number of aromatic nitrogens is 3. The van der Waals surface area contributed by atoms with Gasteiger partial charge < -0.3 is 24.7 Å². The number of amides is 1. The zero-order chi connectivity index (χ0) is 17.8. The summed E-state index contributed by atoms with van der Waals surface area (Å²) in [5, 5.41) is 3.35. The number of pyridine rings is 1. The molecule has 0 unspecified atom stereocenters. The maximum absolute atomic E-state index is 12.7. The minimum atomic E-state index is -0.442. The fourth-order valence-corrected chi connectivity index (χ4v) is 3.62. The van der Waals surface area contributed by atoms with Gasteiger partial charge in [0.05, 0.1) is 38.9 Å². The highest BCUT2D eigenvalue weighted by Crippen LogP contribution is 2.33. The number of carbonyl (C=O) groups excluding carboxylic acids is 1. The van der Waals surface area contributed by atoms with Crippen molar-refractivity contribution in [2.75, 3.05) is 44.8 Å². The molecule has 2 aromatic heterocycles. The lowest BCUT2D eigenvalue weighted by Gasteiger charge is -2.31. The first-order chi connectivity index (χ1) is 12.7. The molecule has 2 aliphatic rings. The fraction of sp³-hybridized carbons (Fsp3) is 0.500. The predicted octanol–water partition coefficient (Wildman–Crippen LogP) is 1.16. The average molecular weight is 357 g/mol. The van der Waals surface area contributed by atoms with Gasteiger partial charge in [-0.2, -0.15) is 0 Å². The van der Waals surface area contributed by atoms with Crippen LogP contribution in [0.2, 0.25) is 0 Å². The van der Waals surface area contributed by atoms with E-state index in [1.807, 2.05) is 18.2 Å². The van der Waals surface area contributed by atoms with Crippen LogP contribution in [0.5, 0.6) is 0 Å². The third-order valence-electron chi connectivity index (χ3n) is 4.89. The van der Waals surface area contributed by atoms with Gasteiger partial charge in [-0.15, -0.1) is 0 Å².